The maximum absolute atomic E-state index is 12.7. The number of aliphatic imine (C=N–C) groups is 1. The predicted octanol–water partition coefficient (Wildman–Crippen LogP) is 4.04. The summed E-state index contributed by atoms with van der Waals surface area (Å²) in [6.07, 6.45) is -5.91. The molecule has 2 aromatic carbocycles. The first-order chi connectivity index (χ1) is 10.4. The van der Waals surface area contributed by atoms with Crippen molar-refractivity contribution in [2.24, 2.45) is 4.99 Å². The van der Waals surface area contributed by atoms with Crippen molar-refractivity contribution < 1.29 is 23.0 Å². The minimum absolute atomic E-state index is 0.0539. The minimum atomic E-state index is -4.74. The molecule has 0 unspecified atom stereocenters. The molecule has 0 saturated heterocycles. The molecule has 0 fully saturated rings. The fourth-order valence-electron chi connectivity index (χ4n) is 1.92. The number of rotatable bonds is 4. The number of para-hydroxylation sites is 2. The Morgan fingerprint density at radius 3 is 2.41 bits per heavy atom. The van der Waals surface area contributed by atoms with E-state index in [4.69, 9.17) is 4.74 Å². The van der Waals surface area contributed by atoms with Crippen LogP contribution in [0.2, 0.25) is 0 Å². The first kappa shape index (κ1) is 16.0. The zero-order valence-electron chi connectivity index (χ0n) is 11.7. The van der Waals surface area contributed by atoms with Gasteiger partial charge in [-0.1, -0.05) is 30.3 Å². The average molecular weight is 309 g/mol. The van der Waals surface area contributed by atoms with E-state index in [0.29, 0.717) is 11.3 Å². The summed E-state index contributed by atoms with van der Waals surface area (Å²) in [5.41, 5.74) is 0.390. The highest BCUT2D eigenvalue weighted by Crippen LogP contribution is 2.37. The van der Waals surface area contributed by atoms with Crippen LogP contribution in [0.25, 0.3) is 0 Å². The third-order valence-corrected chi connectivity index (χ3v) is 3.02. The van der Waals surface area contributed by atoms with Crippen LogP contribution in [0.15, 0.2) is 53.5 Å². The number of nitrogens with zero attached hydrogens (tertiary/aromatic N) is 1. The van der Waals surface area contributed by atoms with Crippen molar-refractivity contribution in [1.82, 2.24) is 0 Å². The van der Waals surface area contributed by atoms with E-state index in [1.807, 2.05) is 0 Å². The first-order valence-electron chi connectivity index (χ1n) is 6.44. The van der Waals surface area contributed by atoms with Crippen molar-refractivity contribution in [3.63, 3.8) is 0 Å². The number of aliphatic hydroxyl groups excluding tert-OH is 1. The topological polar surface area (TPSA) is 41.8 Å². The molecule has 2 rings (SSSR count). The molecule has 116 valence electrons. The lowest BCUT2D eigenvalue weighted by Crippen LogP contribution is -2.20. The molecule has 3 nitrogen and oxygen atoms in total. The van der Waals surface area contributed by atoms with Crippen molar-refractivity contribution in [3.8, 4) is 5.75 Å². The zero-order valence-corrected chi connectivity index (χ0v) is 11.7. The van der Waals surface area contributed by atoms with E-state index in [2.05, 4.69) is 4.99 Å². The van der Waals surface area contributed by atoms with E-state index < -0.39 is 12.3 Å². The number of methoxy groups -OCH3 is 1. The van der Waals surface area contributed by atoms with Crippen molar-refractivity contribution in [2.45, 2.75) is 12.3 Å². The van der Waals surface area contributed by atoms with Gasteiger partial charge in [-0.25, -0.2) is 0 Å². The van der Waals surface area contributed by atoms with E-state index >= 15 is 0 Å². The molecule has 0 aliphatic carbocycles. The number of alkyl halides is 3. The lowest BCUT2D eigenvalue weighted by atomic mass is 10.1. The van der Waals surface area contributed by atoms with Gasteiger partial charge in [-0.05, 0) is 18.2 Å². The fraction of sp³-hybridized carbons (Fsp3) is 0.188. The number of hydrogen-bond acceptors (Lipinski definition) is 3. The minimum Gasteiger partial charge on any atom is -0.496 e. The Hall–Kier alpha value is -2.34. The Morgan fingerprint density at radius 1 is 1.09 bits per heavy atom. The molecular formula is C16H14F3NO2. The molecule has 0 aliphatic heterocycles. The summed E-state index contributed by atoms with van der Waals surface area (Å²) in [7, 11) is 1.49. The number of benzene rings is 2. The molecule has 6 heteroatoms. The van der Waals surface area contributed by atoms with Gasteiger partial charge in [0.2, 0.25) is 0 Å². The number of ether oxygens (including phenoxy) is 1. The third kappa shape index (κ3) is 3.65. The molecule has 0 aromatic heterocycles. The Bertz CT molecular complexity index is 668. The summed E-state index contributed by atoms with van der Waals surface area (Å²) < 4.78 is 43.2. The van der Waals surface area contributed by atoms with Crippen LogP contribution < -0.4 is 4.74 Å². The maximum atomic E-state index is 12.7. The smallest absolute Gasteiger partial charge is 0.418 e. The first-order valence-corrected chi connectivity index (χ1v) is 6.44. The second-order valence-corrected chi connectivity index (χ2v) is 4.50. The van der Waals surface area contributed by atoms with Gasteiger partial charge in [0.15, 0.2) is 6.10 Å². The lowest BCUT2D eigenvalue weighted by molar-refractivity contribution is -0.206. The average Bonchev–Trinajstić information content (AvgIpc) is 2.52. The number of aliphatic hydroxyl groups is 1. The quantitative estimate of drug-likeness (QED) is 0.866. The molecule has 0 spiro atoms. The van der Waals surface area contributed by atoms with Gasteiger partial charge in [0, 0.05) is 17.3 Å². The van der Waals surface area contributed by atoms with Crippen LogP contribution in [0, 0.1) is 0 Å². The molecule has 1 N–H and O–H groups in total. The van der Waals surface area contributed by atoms with Crippen molar-refractivity contribution in [3.05, 3.63) is 59.7 Å². The molecule has 22 heavy (non-hydrogen) atoms. The summed E-state index contributed by atoms with van der Waals surface area (Å²) >= 11 is 0. The fourth-order valence-corrected chi connectivity index (χ4v) is 1.92. The summed E-state index contributed by atoms with van der Waals surface area (Å²) in [6.45, 7) is 0. The van der Waals surface area contributed by atoms with Crippen LogP contribution in [-0.2, 0) is 0 Å². The molecule has 0 bridgehead atoms. The van der Waals surface area contributed by atoms with Crippen LogP contribution in [0.1, 0.15) is 17.2 Å². The van der Waals surface area contributed by atoms with Crippen LogP contribution in [-0.4, -0.2) is 24.6 Å². The standard InChI is InChI=1S/C16H14F3NO2/c1-22-14-9-5-2-6-11(14)10-20-13-8-4-3-7-12(13)15(21)16(17,18)19/h2-10,15,21H,1H3/t15-/m1/s1. The summed E-state index contributed by atoms with van der Waals surface area (Å²) in [5, 5.41) is 9.41. The molecule has 2 aromatic rings. The highest BCUT2D eigenvalue weighted by molar-refractivity contribution is 5.85. The summed E-state index contributed by atoms with van der Waals surface area (Å²) in [5.74, 6) is 0.556. The van der Waals surface area contributed by atoms with Crippen LogP contribution >= 0.6 is 0 Å². The summed E-state index contributed by atoms with van der Waals surface area (Å²) in [4.78, 5) is 4.05. The van der Waals surface area contributed by atoms with Crippen molar-refractivity contribution in [1.29, 1.82) is 0 Å². The highest BCUT2D eigenvalue weighted by atomic mass is 19.4. The number of hydrogen-bond donors (Lipinski definition) is 1. The van der Waals surface area contributed by atoms with E-state index in [-0.39, 0.29) is 11.3 Å². The third-order valence-electron chi connectivity index (χ3n) is 3.02. The lowest BCUT2D eigenvalue weighted by Gasteiger charge is -2.16. The predicted molar refractivity (Wildman–Crippen MR) is 77.7 cm³/mol. The molecule has 0 heterocycles. The van der Waals surface area contributed by atoms with Crippen LogP contribution in [0.4, 0.5) is 18.9 Å². The second kappa shape index (κ2) is 6.62. The van der Waals surface area contributed by atoms with E-state index in [1.165, 1.54) is 31.5 Å². The zero-order chi connectivity index (χ0) is 16.2. The Morgan fingerprint density at radius 2 is 1.73 bits per heavy atom. The Kier molecular flexibility index (Phi) is 4.82. The van der Waals surface area contributed by atoms with Gasteiger partial charge in [0.1, 0.15) is 5.75 Å². The van der Waals surface area contributed by atoms with Crippen molar-refractivity contribution in [2.75, 3.05) is 7.11 Å². The summed E-state index contributed by atoms with van der Waals surface area (Å²) in [6, 6.07) is 12.6. The largest absolute Gasteiger partial charge is 0.496 e. The van der Waals surface area contributed by atoms with Gasteiger partial charge in [0.25, 0.3) is 0 Å². The van der Waals surface area contributed by atoms with E-state index in [1.54, 1.807) is 30.3 Å². The maximum Gasteiger partial charge on any atom is 0.418 e. The Balaban J connectivity index is 2.36. The molecule has 0 amide bonds. The molecular weight excluding hydrogens is 295 g/mol. The van der Waals surface area contributed by atoms with Gasteiger partial charge in [-0.3, -0.25) is 4.99 Å². The SMILES string of the molecule is COc1ccccc1C=Nc1ccccc1[C@@H](O)C(F)(F)F. The molecule has 0 saturated carbocycles. The van der Waals surface area contributed by atoms with Crippen LogP contribution in [0.3, 0.4) is 0 Å². The van der Waals surface area contributed by atoms with E-state index in [9.17, 15) is 18.3 Å². The second-order valence-electron chi connectivity index (χ2n) is 4.50. The van der Waals surface area contributed by atoms with Gasteiger partial charge in [-0.2, -0.15) is 13.2 Å². The molecule has 0 aliphatic rings. The number of halogens is 3. The van der Waals surface area contributed by atoms with Crippen molar-refractivity contribution >= 4 is 11.9 Å². The molecule has 0 radical (unpaired) electrons. The van der Waals surface area contributed by atoms with Gasteiger partial charge in [-0.15, -0.1) is 0 Å². The highest BCUT2D eigenvalue weighted by Gasteiger charge is 2.40. The van der Waals surface area contributed by atoms with Gasteiger partial charge < -0.3 is 9.84 Å². The molecule has 1 atom stereocenters. The van der Waals surface area contributed by atoms with Crippen LogP contribution in [0.5, 0.6) is 5.75 Å². The van der Waals surface area contributed by atoms with E-state index in [0.717, 1.165) is 0 Å². The van der Waals surface area contributed by atoms with Gasteiger partial charge in [0.05, 0.1) is 12.8 Å². The van der Waals surface area contributed by atoms with Gasteiger partial charge >= 0.3 is 6.18 Å². The normalized spacial score (nSPS) is 13.3. The Labute approximate surface area is 125 Å². The monoisotopic (exact) mass is 309 g/mol.